The van der Waals surface area contributed by atoms with E-state index >= 15 is 0 Å². The molecule has 21 heavy (non-hydrogen) atoms. The Labute approximate surface area is 127 Å². The molecule has 1 amide bonds. The predicted octanol–water partition coefficient (Wildman–Crippen LogP) is 2.02. The van der Waals surface area contributed by atoms with Crippen molar-refractivity contribution in [1.29, 1.82) is 0 Å². The first-order chi connectivity index (χ1) is 9.99. The Morgan fingerprint density at radius 2 is 1.90 bits per heavy atom. The summed E-state index contributed by atoms with van der Waals surface area (Å²) < 4.78 is 0. The molecule has 112 valence electrons. The van der Waals surface area contributed by atoms with Gasteiger partial charge in [0, 0.05) is 11.6 Å². The first-order valence-corrected chi connectivity index (χ1v) is 7.65. The topological polar surface area (TPSA) is 74.7 Å². The van der Waals surface area contributed by atoms with Gasteiger partial charge in [-0.25, -0.2) is 0 Å². The number of hydrogen-bond acceptors (Lipinski definition) is 4. The van der Waals surface area contributed by atoms with E-state index in [0.717, 1.165) is 24.6 Å². The van der Waals surface area contributed by atoms with E-state index < -0.39 is 11.2 Å². The molecule has 1 aliphatic rings. The third-order valence-electron chi connectivity index (χ3n) is 3.22. The largest absolute Gasteiger partial charge is 0.480 e. The lowest BCUT2D eigenvalue weighted by molar-refractivity contribution is -0.144. The Hall–Kier alpha value is -1.82. The normalized spacial score (nSPS) is 15.3. The SMILES string of the molecule is CC(SC(=O)c1ccccc1)C(=O)N(CC(=O)O)C1CC1. The smallest absolute Gasteiger partial charge is 0.323 e. The van der Waals surface area contributed by atoms with E-state index in [-0.39, 0.29) is 23.6 Å². The van der Waals surface area contributed by atoms with Gasteiger partial charge < -0.3 is 10.0 Å². The van der Waals surface area contributed by atoms with Crippen LogP contribution in [-0.2, 0) is 9.59 Å². The summed E-state index contributed by atoms with van der Waals surface area (Å²) in [6.45, 7) is 1.35. The van der Waals surface area contributed by atoms with Gasteiger partial charge in [-0.15, -0.1) is 0 Å². The van der Waals surface area contributed by atoms with Crippen LogP contribution in [0.2, 0.25) is 0 Å². The number of carboxylic acid groups (broad SMARTS) is 1. The fourth-order valence-electron chi connectivity index (χ4n) is 2.01. The van der Waals surface area contributed by atoms with Crippen LogP contribution in [0.5, 0.6) is 0 Å². The van der Waals surface area contributed by atoms with E-state index in [2.05, 4.69) is 0 Å². The summed E-state index contributed by atoms with van der Waals surface area (Å²) in [5, 5.41) is 8.12. The Morgan fingerprint density at radius 3 is 2.43 bits per heavy atom. The van der Waals surface area contributed by atoms with E-state index in [0.29, 0.717) is 5.56 Å². The quantitative estimate of drug-likeness (QED) is 0.870. The molecular weight excluding hydrogens is 290 g/mol. The molecule has 1 aromatic rings. The zero-order chi connectivity index (χ0) is 15.4. The second-order valence-corrected chi connectivity index (χ2v) is 6.32. The van der Waals surface area contributed by atoms with Gasteiger partial charge in [-0.1, -0.05) is 42.1 Å². The van der Waals surface area contributed by atoms with Crippen LogP contribution in [0.1, 0.15) is 30.1 Å². The Morgan fingerprint density at radius 1 is 1.29 bits per heavy atom. The molecule has 0 bridgehead atoms. The molecule has 6 heteroatoms. The summed E-state index contributed by atoms with van der Waals surface area (Å²) in [6, 6.07) is 8.76. The first-order valence-electron chi connectivity index (χ1n) is 6.77. The second kappa shape index (κ2) is 6.76. The van der Waals surface area contributed by atoms with Crippen molar-refractivity contribution in [3.63, 3.8) is 0 Å². The number of rotatable bonds is 6. The van der Waals surface area contributed by atoms with E-state index in [4.69, 9.17) is 5.11 Å². The first kappa shape index (κ1) is 15.6. The van der Waals surface area contributed by atoms with Crippen molar-refractivity contribution in [2.75, 3.05) is 6.54 Å². The molecule has 0 saturated heterocycles. The maximum atomic E-state index is 12.3. The number of hydrogen-bond donors (Lipinski definition) is 1. The number of carbonyl (C=O) groups is 3. The summed E-state index contributed by atoms with van der Waals surface area (Å²) >= 11 is 0.938. The van der Waals surface area contributed by atoms with Crippen LogP contribution in [0.4, 0.5) is 0 Å². The molecular formula is C15H17NO4S. The van der Waals surface area contributed by atoms with Gasteiger partial charge in [0.2, 0.25) is 11.0 Å². The molecule has 0 aromatic heterocycles. The van der Waals surface area contributed by atoms with Gasteiger partial charge in [-0.2, -0.15) is 0 Å². The zero-order valence-electron chi connectivity index (χ0n) is 11.7. The summed E-state index contributed by atoms with van der Waals surface area (Å²) in [7, 11) is 0. The van der Waals surface area contributed by atoms with Crippen LogP contribution >= 0.6 is 11.8 Å². The minimum absolute atomic E-state index is 0.0171. The number of benzene rings is 1. The Kier molecular flexibility index (Phi) is 5.01. The molecule has 1 aliphatic carbocycles. The van der Waals surface area contributed by atoms with E-state index in [1.54, 1.807) is 31.2 Å². The highest BCUT2D eigenvalue weighted by Gasteiger charge is 2.36. The molecule has 1 atom stereocenters. The predicted molar refractivity (Wildman–Crippen MR) is 80.2 cm³/mol. The average molecular weight is 307 g/mol. The van der Waals surface area contributed by atoms with E-state index in [9.17, 15) is 14.4 Å². The molecule has 1 saturated carbocycles. The monoisotopic (exact) mass is 307 g/mol. The van der Waals surface area contributed by atoms with Crippen LogP contribution in [0, 0.1) is 0 Å². The van der Waals surface area contributed by atoms with Crippen LogP contribution < -0.4 is 0 Å². The van der Waals surface area contributed by atoms with Crippen molar-refractivity contribution in [2.45, 2.75) is 31.1 Å². The minimum Gasteiger partial charge on any atom is -0.480 e. The van der Waals surface area contributed by atoms with Gasteiger partial charge in [-0.3, -0.25) is 14.4 Å². The van der Waals surface area contributed by atoms with Gasteiger partial charge in [-0.05, 0) is 19.8 Å². The molecule has 1 aromatic carbocycles. The Balaban J connectivity index is 1.98. The summed E-state index contributed by atoms with van der Waals surface area (Å²) in [5.41, 5.74) is 0.540. The minimum atomic E-state index is -1.03. The van der Waals surface area contributed by atoms with Gasteiger partial charge in [0.25, 0.3) is 0 Å². The fourth-order valence-corrected chi connectivity index (χ4v) is 2.84. The molecule has 0 radical (unpaired) electrons. The van der Waals surface area contributed by atoms with Gasteiger partial charge in [0.15, 0.2) is 0 Å². The van der Waals surface area contributed by atoms with Crippen molar-refractivity contribution in [3.8, 4) is 0 Å². The average Bonchev–Trinajstić information content (AvgIpc) is 3.29. The van der Waals surface area contributed by atoms with E-state index in [1.807, 2.05) is 6.07 Å². The maximum Gasteiger partial charge on any atom is 0.323 e. The number of carboxylic acids is 1. The molecule has 2 rings (SSSR count). The van der Waals surface area contributed by atoms with Crippen molar-refractivity contribution < 1.29 is 19.5 Å². The number of thioether (sulfide) groups is 1. The standard InChI is InChI=1S/C15H17NO4S/c1-10(21-15(20)11-5-3-2-4-6-11)14(19)16(9-13(17)18)12-7-8-12/h2-6,10,12H,7-9H2,1H3,(H,17,18). The third kappa shape index (κ3) is 4.32. The highest BCUT2D eigenvalue weighted by atomic mass is 32.2. The van der Waals surface area contributed by atoms with Crippen molar-refractivity contribution in [3.05, 3.63) is 35.9 Å². The maximum absolute atomic E-state index is 12.3. The number of amides is 1. The fraction of sp³-hybridized carbons (Fsp3) is 0.400. The Bertz CT molecular complexity index is 542. The second-order valence-electron chi connectivity index (χ2n) is 5.00. The lowest BCUT2D eigenvalue weighted by Gasteiger charge is -2.23. The lowest BCUT2D eigenvalue weighted by atomic mass is 10.2. The van der Waals surface area contributed by atoms with Gasteiger partial charge in [0.05, 0.1) is 5.25 Å². The number of nitrogens with zero attached hydrogens (tertiary/aromatic N) is 1. The molecule has 0 aliphatic heterocycles. The number of carbonyl (C=O) groups excluding carboxylic acids is 2. The summed E-state index contributed by atoms with van der Waals surface area (Å²) in [4.78, 5) is 36.6. The molecule has 1 unspecified atom stereocenters. The molecule has 1 N–H and O–H groups in total. The van der Waals surface area contributed by atoms with Crippen LogP contribution in [-0.4, -0.2) is 44.8 Å². The molecule has 1 fully saturated rings. The third-order valence-corrected chi connectivity index (χ3v) is 4.22. The highest BCUT2D eigenvalue weighted by Crippen LogP contribution is 2.29. The van der Waals surface area contributed by atoms with Crippen molar-refractivity contribution >= 4 is 28.8 Å². The molecule has 0 heterocycles. The van der Waals surface area contributed by atoms with Crippen LogP contribution in [0.25, 0.3) is 0 Å². The van der Waals surface area contributed by atoms with Crippen LogP contribution in [0.15, 0.2) is 30.3 Å². The summed E-state index contributed by atoms with van der Waals surface area (Å²) in [6.07, 6.45) is 1.67. The highest BCUT2D eigenvalue weighted by molar-refractivity contribution is 8.15. The van der Waals surface area contributed by atoms with Crippen molar-refractivity contribution in [2.24, 2.45) is 0 Å². The van der Waals surface area contributed by atoms with E-state index in [1.165, 1.54) is 4.90 Å². The molecule has 5 nitrogen and oxygen atoms in total. The molecule has 0 spiro atoms. The van der Waals surface area contributed by atoms with Gasteiger partial charge in [0.1, 0.15) is 6.54 Å². The van der Waals surface area contributed by atoms with Crippen LogP contribution in [0.3, 0.4) is 0 Å². The lowest BCUT2D eigenvalue weighted by Crippen LogP contribution is -2.41. The summed E-state index contributed by atoms with van der Waals surface area (Å²) in [5.74, 6) is -1.31. The van der Waals surface area contributed by atoms with Gasteiger partial charge >= 0.3 is 5.97 Å². The zero-order valence-corrected chi connectivity index (χ0v) is 12.5. The van der Waals surface area contributed by atoms with Crippen molar-refractivity contribution in [1.82, 2.24) is 4.90 Å². The number of aliphatic carboxylic acids is 1.